The molecule has 0 bridgehead atoms. The highest BCUT2D eigenvalue weighted by atomic mass is 32.2. The first-order valence-corrected chi connectivity index (χ1v) is 11.4. The number of hydrogen-bond acceptors (Lipinski definition) is 3. The molecule has 1 aliphatic rings. The van der Waals surface area contributed by atoms with Gasteiger partial charge in [0.15, 0.2) is 0 Å². The smallest absolute Gasteiger partial charge is 0.243 e. The summed E-state index contributed by atoms with van der Waals surface area (Å²) in [5.41, 5.74) is 1.25. The molecule has 150 valence electrons. The number of aryl methyl sites for hydroxylation is 1. The minimum absolute atomic E-state index is 0.0790. The molecule has 6 heteroatoms. The van der Waals surface area contributed by atoms with Gasteiger partial charge in [0.2, 0.25) is 15.9 Å². The third-order valence-electron chi connectivity index (χ3n) is 5.25. The second-order valence-corrected chi connectivity index (χ2v) is 9.24. The molecule has 0 aromatic heterocycles. The Balaban J connectivity index is 1.37. The maximum absolute atomic E-state index is 12.7. The van der Waals surface area contributed by atoms with Gasteiger partial charge in [0.1, 0.15) is 0 Å². The maximum atomic E-state index is 12.7. The second-order valence-electron chi connectivity index (χ2n) is 7.30. The summed E-state index contributed by atoms with van der Waals surface area (Å²) in [6.45, 7) is 1.64. The third-order valence-corrected chi connectivity index (χ3v) is 7.17. The van der Waals surface area contributed by atoms with Crippen molar-refractivity contribution in [2.45, 2.75) is 37.0 Å². The molecule has 1 heterocycles. The molecular weight excluding hydrogens is 372 g/mol. The number of rotatable bonds is 8. The van der Waals surface area contributed by atoms with Crippen molar-refractivity contribution in [1.29, 1.82) is 0 Å². The summed E-state index contributed by atoms with van der Waals surface area (Å²) in [5, 5.41) is 3.02. The summed E-state index contributed by atoms with van der Waals surface area (Å²) < 4.78 is 26.9. The Morgan fingerprint density at radius 2 is 1.57 bits per heavy atom. The number of amides is 1. The van der Waals surface area contributed by atoms with Crippen LogP contribution in [0.5, 0.6) is 0 Å². The second kappa shape index (κ2) is 9.85. The van der Waals surface area contributed by atoms with Crippen LogP contribution in [0, 0.1) is 5.92 Å². The van der Waals surface area contributed by atoms with Crippen molar-refractivity contribution in [3.63, 3.8) is 0 Å². The Bertz CT molecular complexity index is 846. The van der Waals surface area contributed by atoms with Crippen LogP contribution in [0.25, 0.3) is 0 Å². The van der Waals surface area contributed by atoms with Gasteiger partial charge in [-0.3, -0.25) is 4.79 Å². The summed E-state index contributed by atoms with van der Waals surface area (Å²) >= 11 is 0. The number of carbonyl (C=O) groups excluding carboxylic acids is 1. The molecule has 28 heavy (non-hydrogen) atoms. The van der Waals surface area contributed by atoms with E-state index >= 15 is 0 Å². The molecule has 0 radical (unpaired) electrons. The number of hydrogen-bond donors (Lipinski definition) is 1. The van der Waals surface area contributed by atoms with Gasteiger partial charge in [-0.05, 0) is 49.3 Å². The average molecular weight is 401 g/mol. The van der Waals surface area contributed by atoms with Crippen LogP contribution in [0.1, 0.15) is 31.2 Å². The van der Waals surface area contributed by atoms with E-state index in [0.29, 0.717) is 36.9 Å². The molecule has 1 aliphatic heterocycles. The van der Waals surface area contributed by atoms with E-state index in [1.807, 2.05) is 24.3 Å². The van der Waals surface area contributed by atoms with Gasteiger partial charge in [-0.2, -0.15) is 4.31 Å². The third kappa shape index (κ3) is 5.66. The normalized spacial score (nSPS) is 16.0. The number of benzene rings is 2. The Hall–Kier alpha value is -2.18. The van der Waals surface area contributed by atoms with Crippen LogP contribution >= 0.6 is 0 Å². The van der Waals surface area contributed by atoms with Gasteiger partial charge in [-0.25, -0.2) is 8.42 Å². The van der Waals surface area contributed by atoms with Crippen molar-refractivity contribution in [3.05, 3.63) is 66.2 Å². The zero-order valence-electron chi connectivity index (χ0n) is 16.1. The highest BCUT2D eigenvalue weighted by Crippen LogP contribution is 2.23. The van der Waals surface area contributed by atoms with Gasteiger partial charge in [0, 0.05) is 26.1 Å². The zero-order valence-corrected chi connectivity index (χ0v) is 16.9. The Labute approximate surface area is 167 Å². The zero-order chi connectivity index (χ0) is 19.8. The predicted molar refractivity (Wildman–Crippen MR) is 110 cm³/mol. The molecule has 2 aromatic carbocycles. The van der Waals surface area contributed by atoms with E-state index in [0.717, 1.165) is 25.7 Å². The number of sulfonamides is 1. The van der Waals surface area contributed by atoms with E-state index in [-0.39, 0.29) is 5.91 Å². The van der Waals surface area contributed by atoms with Crippen LogP contribution in [-0.4, -0.2) is 38.3 Å². The van der Waals surface area contributed by atoms with Gasteiger partial charge in [0.25, 0.3) is 0 Å². The van der Waals surface area contributed by atoms with E-state index in [1.165, 1.54) is 5.56 Å². The predicted octanol–water partition coefficient (Wildman–Crippen LogP) is 3.23. The van der Waals surface area contributed by atoms with Gasteiger partial charge in [-0.15, -0.1) is 0 Å². The molecule has 3 rings (SSSR count). The minimum atomic E-state index is -3.41. The molecular formula is C22H28N2O3S. The topological polar surface area (TPSA) is 66.5 Å². The molecule has 1 N–H and O–H groups in total. The van der Waals surface area contributed by atoms with Gasteiger partial charge in [0.05, 0.1) is 4.90 Å². The summed E-state index contributed by atoms with van der Waals surface area (Å²) in [6.07, 6.45) is 3.82. The van der Waals surface area contributed by atoms with E-state index in [1.54, 1.807) is 28.6 Å². The molecule has 0 spiro atoms. The van der Waals surface area contributed by atoms with Crippen molar-refractivity contribution >= 4 is 15.9 Å². The lowest BCUT2D eigenvalue weighted by atomic mass is 9.98. The lowest BCUT2D eigenvalue weighted by Gasteiger charge is -2.31. The number of nitrogens with zero attached hydrogens (tertiary/aromatic N) is 1. The fraction of sp³-hybridized carbons (Fsp3) is 0.409. The lowest BCUT2D eigenvalue weighted by molar-refractivity contribution is -0.121. The first kappa shape index (κ1) is 20.6. The average Bonchev–Trinajstić information content (AvgIpc) is 2.74. The monoisotopic (exact) mass is 400 g/mol. The summed E-state index contributed by atoms with van der Waals surface area (Å²) in [5.74, 6) is 0.413. The molecule has 1 amide bonds. The first-order valence-electron chi connectivity index (χ1n) is 9.91. The standard InChI is InChI=1S/C22H28N2O3S/c25-22(13-7-10-19-8-3-1-4-9-19)23-18-20-14-16-24(17-15-20)28(26,27)21-11-5-2-6-12-21/h1-6,8-9,11-12,20H,7,10,13-18H2,(H,23,25). The maximum Gasteiger partial charge on any atom is 0.243 e. The van der Waals surface area contributed by atoms with Crippen molar-refractivity contribution in [2.24, 2.45) is 5.92 Å². The van der Waals surface area contributed by atoms with Crippen molar-refractivity contribution < 1.29 is 13.2 Å². The molecule has 0 aliphatic carbocycles. The lowest BCUT2D eigenvalue weighted by Crippen LogP contribution is -2.41. The SMILES string of the molecule is O=C(CCCc1ccccc1)NCC1CCN(S(=O)(=O)c2ccccc2)CC1. The molecule has 2 aromatic rings. The molecule has 0 unspecified atom stereocenters. The molecule has 1 fully saturated rings. The van der Waals surface area contributed by atoms with Gasteiger partial charge < -0.3 is 5.32 Å². The van der Waals surface area contributed by atoms with Crippen molar-refractivity contribution in [1.82, 2.24) is 9.62 Å². The quantitative estimate of drug-likeness (QED) is 0.740. The van der Waals surface area contributed by atoms with E-state index in [9.17, 15) is 13.2 Å². The van der Waals surface area contributed by atoms with E-state index in [4.69, 9.17) is 0 Å². The fourth-order valence-corrected chi connectivity index (χ4v) is 5.03. The highest BCUT2D eigenvalue weighted by Gasteiger charge is 2.29. The fourth-order valence-electron chi connectivity index (χ4n) is 3.54. The van der Waals surface area contributed by atoms with Crippen LogP contribution in [0.4, 0.5) is 0 Å². The number of carbonyl (C=O) groups is 1. The molecule has 5 nitrogen and oxygen atoms in total. The minimum Gasteiger partial charge on any atom is -0.356 e. The van der Waals surface area contributed by atoms with Crippen LogP contribution in [0.15, 0.2) is 65.6 Å². The Morgan fingerprint density at radius 3 is 2.21 bits per heavy atom. The van der Waals surface area contributed by atoms with Gasteiger partial charge in [-0.1, -0.05) is 48.5 Å². The Morgan fingerprint density at radius 1 is 0.964 bits per heavy atom. The largest absolute Gasteiger partial charge is 0.356 e. The Kier molecular flexibility index (Phi) is 7.23. The summed E-state index contributed by atoms with van der Waals surface area (Å²) in [6, 6.07) is 18.7. The van der Waals surface area contributed by atoms with Crippen LogP contribution in [-0.2, 0) is 21.2 Å². The van der Waals surface area contributed by atoms with Crippen molar-refractivity contribution in [2.75, 3.05) is 19.6 Å². The number of nitrogens with one attached hydrogen (secondary N) is 1. The first-order chi connectivity index (χ1) is 13.6. The highest BCUT2D eigenvalue weighted by molar-refractivity contribution is 7.89. The molecule has 0 saturated carbocycles. The van der Waals surface area contributed by atoms with E-state index in [2.05, 4.69) is 17.4 Å². The van der Waals surface area contributed by atoms with Crippen LogP contribution < -0.4 is 5.32 Å². The van der Waals surface area contributed by atoms with Crippen molar-refractivity contribution in [3.8, 4) is 0 Å². The van der Waals surface area contributed by atoms with Crippen LogP contribution in [0.3, 0.4) is 0 Å². The van der Waals surface area contributed by atoms with E-state index < -0.39 is 10.0 Å². The summed E-state index contributed by atoms with van der Waals surface area (Å²) in [4.78, 5) is 12.4. The number of piperidine rings is 1. The van der Waals surface area contributed by atoms with Crippen LogP contribution in [0.2, 0.25) is 0 Å². The van der Waals surface area contributed by atoms with Gasteiger partial charge >= 0.3 is 0 Å². The molecule has 0 atom stereocenters. The molecule has 1 saturated heterocycles. The summed E-state index contributed by atoms with van der Waals surface area (Å²) in [7, 11) is -3.41.